The molecule has 0 unspecified atom stereocenters. The van der Waals surface area contributed by atoms with Crippen molar-refractivity contribution in [3.63, 3.8) is 0 Å². The Balaban J connectivity index is 1.86. The number of halogens is 2. The number of anilines is 2. The first-order valence-corrected chi connectivity index (χ1v) is 7.77. The molecule has 2 N–H and O–H groups in total. The van der Waals surface area contributed by atoms with Crippen LogP contribution < -0.4 is 10.6 Å². The van der Waals surface area contributed by atoms with Crippen LogP contribution in [0.5, 0.6) is 0 Å². The largest absolute Gasteiger partial charge is 0.384 e. The van der Waals surface area contributed by atoms with Gasteiger partial charge >= 0.3 is 0 Å². The molecule has 2 aromatic carbocycles. The van der Waals surface area contributed by atoms with Crippen molar-refractivity contribution < 1.29 is 4.79 Å². The average molecular weight is 337 g/mol. The summed E-state index contributed by atoms with van der Waals surface area (Å²) < 4.78 is 0. The lowest BCUT2D eigenvalue weighted by Gasteiger charge is -2.11. The van der Waals surface area contributed by atoms with Crippen molar-refractivity contribution >= 4 is 40.5 Å². The van der Waals surface area contributed by atoms with Crippen molar-refractivity contribution in [2.24, 2.45) is 0 Å². The first-order chi connectivity index (χ1) is 10.5. The highest BCUT2D eigenvalue weighted by Gasteiger charge is 2.05. The second-order valence-corrected chi connectivity index (χ2v) is 6.00. The Morgan fingerprint density at radius 3 is 2.45 bits per heavy atom. The number of amides is 1. The topological polar surface area (TPSA) is 41.1 Å². The number of rotatable bonds is 5. The van der Waals surface area contributed by atoms with Gasteiger partial charge in [0.1, 0.15) is 0 Å². The highest BCUT2D eigenvalue weighted by molar-refractivity contribution is 6.35. The maximum atomic E-state index is 11.9. The van der Waals surface area contributed by atoms with Gasteiger partial charge in [-0.1, -0.05) is 35.3 Å². The number of hydrogen-bond acceptors (Lipinski definition) is 2. The Kier molecular flexibility index (Phi) is 5.69. The minimum Gasteiger partial charge on any atom is -0.384 e. The molecule has 0 saturated heterocycles. The molecule has 0 aliphatic rings. The van der Waals surface area contributed by atoms with Gasteiger partial charge in [-0.25, -0.2) is 0 Å². The molecule has 5 heteroatoms. The summed E-state index contributed by atoms with van der Waals surface area (Å²) in [5, 5.41) is 7.06. The van der Waals surface area contributed by atoms with Gasteiger partial charge in [0.25, 0.3) is 0 Å². The molecule has 0 saturated carbocycles. The van der Waals surface area contributed by atoms with E-state index in [9.17, 15) is 4.79 Å². The molecule has 22 heavy (non-hydrogen) atoms. The van der Waals surface area contributed by atoms with Crippen LogP contribution in [0.25, 0.3) is 0 Å². The number of hydrogen-bond donors (Lipinski definition) is 2. The zero-order valence-corrected chi connectivity index (χ0v) is 14.1. The second kappa shape index (κ2) is 7.52. The predicted octanol–water partition coefficient (Wildman–Crippen LogP) is 5.05. The van der Waals surface area contributed by atoms with Crippen molar-refractivity contribution in [2.45, 2.75) is 20.3 Å². The molecule has 0 spiro atoms. The fourth-order valence-electron chi connectivity index (χ4n) is 2.10. The van der Waals surface area contributed by atoms with Crippen LogP contribution in [0.2, 0.25) is 10.0 Å². The molecular formula is C17H18Cl2N2O. The fraction of sp³-hybridized carbons (Fsp3) is 0.235. The van der Waals surface area contributed by atoms with Gasteiger partial charge in [0, 0.05) is 34.4 Å². The highest BCUT2D eigenvalue weighted by Crippen LogP contribution is 2.22. The van der Waals surface area contributed by atoms with Crippen molar-refractivity contribution in [1.29, 1.82) is 0 Å². The Labute approximate surface area is 140 Å². The lowest BCUT2D eigenvalue weighted by atomic mass is 10.1. The van der Waals surface area contributed by atoms with Crippen LogP contribution in [0.1, 0.15) is 17.5 Å². The van der Waals surface area contributed by atoms with Gasteiger partial charge in [0.15, 0.2) is 0 Å². The van der Waals surface area contributed by atoms with Crippen LogP contribution in [0.4, 0.5) is 11.4 Å². The van der Waals surface area contributed by atoms with Crippen LogP contribution in [0, 0.1) is 13.8 Å². The third kappa shape index (κ3) is 4.65. The lowest BCUT2D eigenvalue weighted by molar-refractivity contribution is -0.115. The van der Waals surface area contributed by atoms with Gasteiger partial charge in [0.05, 0.1) is 0 Å². The molecule has 0 atom stereocenters. The Bertz CT molecular complexity index is 666. The van der Waals surface area contributed by atoms with Crippen molar-refractivity contribution in [2.75, 3.05) is 17.2 Å². The van der Waals surface area contributed by atoms with E-state index in [1.807, 2.05) is 12.1 Å². The smallest absolute Gasteiger partial charge is 0.226 e. The van der Waals surface area contributed by atoms with E-state index in [2.05, 4.69) is 30.5 Å². The Morgan fingerprint density at radius 2 is 1.77 bits per heavy atom. The van der Waals surface area contributed by atoms with Crippen LogP contribution in [0.15, 0.2) is 36.4 Å². The number of aryl methyl sites for hydroxylation is 1. The predicted molar refractivity (Wildman–Crippen MR) is 94.1 cm³/mol. The second-order valence-electron chi connectivity index (χ2n) is 5.13. The number of benzene rings is 2. The SMILES string of the molecule is Cc1cccc(NCCC(=O)Nc2cc(Cl)cc(Cl)c2)c1C. The molecule has 0 radical (unpaired) electrons. The van der Waals surface area contributed by atoms with E-state index in [0.29, 0.717) is 28.7 Å². The molecule has 2 aromatic rings. The molecule has 0 aliphatic heterocycles. The fourth-order valence-corrected chi connectivity index (χ4v) is 2.63. The molecule has 116 valence electrons. The van der Waals surface area contributed by atoms with Crippen LogP contribution in [-0.4, -0.2) is 12.5 Å². The standard InChI is InChI=1S/C17H18Cl2N2O/c1-11-4-3-5-16(12(11)2)20-7-6-17(22)21-15-9-13(18)8-14(19)10-15/h3-5,8-10,20H,6-7H2,1-2H3,(H,21,22). The number of carbonyl (C=O) groups excluding carboxylic acids is 1. The first kappa shape index (κ1) is 16.7. The van der Waals surface area contributed by atoms with E-state index < -0.39 is 0 Å². The molecule has 2 rings (SSSR count). The van der Waals surface area contributed by atoms with E-state index in [-0.39, 0.29) is 5.91 Å². The quantitative estimate of drug-likeness (QED) is 0.801. The minimum absolute atomic E-state index is 0.0869. The number of carbonyl (C=O) groups is 1. The summed E-state index contributed by atoms with van der Waals surface area (Å²) in [7, 11) is 0. The zero-order chi connectivity index (χ0) is 16.1. The third-order valence-corrected chi connectivity index (χ3v) is 3.85. The molecular weight excluding hydrogens is 319 g/mol. The maximum absolute atomic E-state index is 11.9. The summed E-state index contributed by atoms with van der Waals surface area (Å²) in [6, 6.07) is 11.0. The molecule has 0 aromatic heterocycles. The summed E-state index contributed by atoms with van der Waals surface area (Å²) in [4.78, 5) is 11.9. The highest BCUT2D eigenvalue weighted by atomic mass is 35.5. The molecule has 0 heterocycles. The van der Waals surface area contributed by atoms with Crippen molar-refractivity contribution in [3.05, 3.63) is 57.6 Å². The molecule has 1 amide bonds. The first-order valence-electron chi connectivity index (χ1n) is 7.02. The van der Waals surface area contributed by atoms with Gasteiger partial charge in [0.2, 0.25) is 5.91 Å². The van der Waals surface area contributed by atoms with E-state index >= 15 is 0 Å². The van der Waals surface area contributed by atoms with Crippen LogP contribution in [0.3, 0.4) is 0 Å². The molecule has 0 fully saturated rings. The van der Waals surface area contributed by atoms with Crippen molar-refractivity contribution in [1.82, 2.24) is 0 Å². The minimum atomic E-state index is -0.0869. The van der Waals surface area contributed by atoms with Crippen molar-refractivity contribution in [3.8, 4) is 0 Å². The maximum Gasteiger partial charge on any atom is 0.226 e. The molecule has 3 nitrogen and oxygen atoms in total. The molecule has 0 aliphatic carbocycles. The summed E-state index contributed by atoms with van der Waals surface area (Å²) in [6.07, 6.45) is 0.359. The Hall–Kier alpha value is -1.71. The third-order valence-electron chi connectivity index (χ3n) is 3.42. The van der Waals surface area contributed by atoms with Gasteiger partial charge in [-0.15, -0.1) is 0 Å². The van der Waals surface area contributed by atoms with Crippen LogP contribution >= 0.6 is 23.2 Å². The van der Waals surface area contributed by atoms with E-state index in [1.54, 1.807) is 18.2 Å². The summed E-state index contributed by atoms with van der Waals surface area (Å²) in [6.45, 7) is 4.69. The van der Waals surface area contributed by atoms with E-state index in [4.69, 9.17) is 23.2 Å². The van der Waals surface area contributed by atoms with Gasteiger partial charge in [-0.05, 0) is 49.2 Å². The van der Waals surface area contributed by atoms with Crippen LogP contribution in [-0.2, 0) is 4.79 Å². The van der Waals surface area contributed by atoms with Gasteiger partial charge in [-0.2, -0.15) is 0 Å². The number of nitrogens with one attached hydrogen (secondary N) is 2. The monoisotopic (exact) mass is 336 g/mol. The lowest BCUT2D eigenvalue weighted by Crippen LogP contribution is -2.16. The average Bonchev–Trinajstić information content (AvgIpc) is 2.42. The summed E-state index contributed by atoms with van der Waals surface area (Å²) >= 11 is 11.8. The van der Waals surface area contributed by atoms with Gasteiger partial charge < -0.3 is 10.6 Å². The molecule has 0 bridgehead atoms. The summed E-state index contributed by atoms with van der Waals surface area (Å²) in [5.74, 6) is -0.0869. The normalized spacial score (nSPS) is 10.4. The van der Waals surface area contributed by atoms with Gasteiger partial charge in [-0.3, -0.25) is 4.79 Å². The Morgan fingerprint density at radius 1 is 1.09 bits per heavy atom. The summed E-state index contributed by atoms with van der Waals surface area (Å²) in [5.41, 5.74) is 4.08. The zero-order valence-electron chi connectivity index (χ0n) is 12.5. The van der Waals surface area contributed by atoms with E-state index in [0.717, 1.165) is 5.69 Å². The van der Waals surface area contributed by atoms with E-state index in [1.165, 1.54) is 11.1 Å².